The molecule has 0 fully saturated rings. The van der Waals surface area contributed by atoms with E-state index in [2.05, 4.69) is 15.5 Å². The van der Waals surface area contributed by atoms with Gasteiger partial charge in [-0.15, -0.1) is 0 Å². The van der Waals surface area contributed by atoms with Crippen molar-refractivity contribution in [2.45, 2.75) is 6.92 Å². The molecule has 1 aromatic heterocycles. The van der Waals surface area contributed by atoms with Crippen LogP contribution in [-0.4, -0.2) is 21.2 Å². The van der Waals surface area contributed by atoms with Crippen molar-refractivity contribution in [1.82, 2.24) is 10.2 Å². The molecule has 0 atom stereocenters. The lowest BCUT2D eigenvalue weighted by molar-refractivity contribution is 0.102. The SMILES string of the molecule is Cc1ccc(NC(=O)c2cc(=O)[nH][nH]2)c(O)c1. The zero-order chi connectivity index (χ0) is 12.4. The van der Waals surface area contributed by atoms with Crippen LogP contribution in [0.4, 0.5) is 5.69 Å². The van der Waals surface area contributed by atoms with E-state index in [4.69, 9.17) is 0 Å². The highest BCUT2D eigenvalue weighted by Crippen LogP contribution is 2.24. The molecule has 17 heavy (non-hydrogen) atoms. The van der Waals surface area contributed by atoms with Gasteiger partial charge in [0.1, 0.15) is 11.4 Å². The second kappa shape index (κ2) is 4.17. The summed E-state index contributed by atoms with van der Waals surface area (Å²) < 4.78 is 0. The Morgan fingerprint density at radius 3 is 2.65 bits per heavy atom. The molecule has 1 amide bonds. The highest BCUT2D eigenvalue weighted by Gasteiger charge is 2.10. The molecule has 0 aliphatic heterocycles. The number of carbonyl (C=O) groups is 1. The number of aromatic hydroxyl groups is 1. The average Bonchev–Trinajstić information content (AvgIpc) is 2.69. The van der Waals surface area contributed by atoms with Gasteiger partial charge in [-0.2, -0.15) is 0 Å². The monoisotopic (exact) mass is 233 g/mol. The van der Waals surface area contributed by atoms with Gasteiger partial charge in [0.05, 0.1) is 5.69 Å². The number of aromatic nitrogens is 2. The lowest BCUT2D eigenvalue weighted by Crippen LogP contribution is -2.12. The van der Waals surface area contributed by atoms with Gasteiger partial charge in [0.2, 0.25) is 0 Å². The number of phenols is 1. The molecular weight excluding hydrogens is 222 g/mol. The van der Waals surface area contributed by atoms with E-state index >= 15 is 0 Å². The van der Waals surface area contributed by atoms with Crippen LogP contribution in [0.3, 0.4) is 0 Å². The molecule has 0 radical (unpaired) electrons. The highest BCUT2D eigenvalue weighted by molar-refractivity contribution is 6.03. The van der Waals surface area contributed by atoms with Gasteiger partial charge < -0.3 is 10.4 Å². The van der Waals surface area contributed by atoms with Crippen LogP contribution in [-0.2, 0) is 0 Å². The number of hydrogen-bond donors (Lipinski definition) is 4. The Labute approximate surface area is 96.3 Å². The molecule has 0 saturated heterocycles. The van der Waals surface area contributed by atoms with Gasteiger partial charge in [0.15, 0.2) is 0 Å². The number of nitrogens with one attached hydrogen (secondary N) is 3. The Bertz CT molecular complexity index is 612. The van der Waals surface area contributed by atoms with Crippen molar-refractivity contribution in [1.29, 1.82) is 0 Å². The van der Waals surface area contributed by atoms with Crippen LogP contribution >= 0.6 is 0 Å². The molecule has 88 valence electrons. The minimum Gasteiger partial charge on any atom is -0.506 e. The number of hydrogen-bond acceptors (Lipinski definition) is 3. The van der Waals surface area contributed by atoms with Crippen molar-refractivity contribution >= 4 is 11.6 Å². The predicted molar refractivity (Wildman–Crippen MR) is 62.2 cm³/mol. The lowest BCUT2D eigenvalue weighted by atomic mass is 10.2. The lowest BCUT2D eigenvalue weighted by Gasteiger charge is -2.06. The molecule has 0 saturated carbocycles. The maximum absolute atomic E-state index is 11.7. The fourth-order valence-electron chi connectivity index (χ4n) is 1.39. The number of carbonyl (C=O) groups excluding carboxylic acids is 1. The summed E-state index contributed by atoms with van der Waals surface area (Å²) in [6.45, 7) is 1.83. The largest absolute Gasteiger partial charge is 0.506 e. The zero-order valence-corrected chi connectivity index (χ0v) is 9.07. The van der Waals surface area contributed by atoms with E-state index in [1.54, 1.807) is 12.1 Å². The number of H-pyrrole nitrogens is 2. The number of benzene rings is 1. The molecule has 0 bridgehead atoms. The quantitative estimate of drug-likeness (QED) is 0.582. The van der Waals surface area contributed by atoms with Crippen LogP contribution in [0.25, 0.3) is 0 Å². The van der Waals surface area contributed by atoms with Crippen molar-refractivity contribution in [3.8, 4) is 5.75 Å². The van der Waals surface area contributed by atoms with Gasteiger partial charge in [0, 0.05) is 6.07 Å². The van der Waals surface area contributed by atoms with Crippen LogP contribution in [0.2, 0.25) is 0 Å². The molecule has 0 aliphatic carbocycles. The van der Waals surface area contributed by atoms with E-state index < -0.39 is 5.91 Å². The molecule has 6 heteroatoms. The van der Waals surface area contributed by atoms with E-state index in [0.717, 1.165) is 11.6 Å². The number of rotatable bonds is 2. The standard InChI is InChI=1S/C11H11N3O3/c1-6-2-3-7(9(15)4-6)12-11(17)8-5-10(16)14-13-8/h2-5,15H,1H3,(H,12,17)(H2,13,14,16). The summed E-state index contributed by atoms with van der Waals surface area (Å²) in [7, 11) is 0. The minimum atomic E-state index is -0.498. The fourth-order valence-corrected chi connectivity index (χ4v) is 1.39. The van der Waals surface area contributed by atoms with Gasteiger partial charge in [0.25, 0.3) is 11.5 Å². The Morgan fingerprint density at radius 2 is 2.06 bits per heavy atom. The summed E-state index contributed by atoms with van der Waals surface area (Å²) in [5, 5.41) is 16.8. The van der Waals surface area contributed by atoms with Crippen LogP contribution in [0.1, 0.15) is 16.1 Å². The summed E-state index contributed by atoms with van der Waals surface area (Å²) in [6, 6.07) is 6.03. The third-order valence-corrected chi connectivity index (χ3v) is 2.24. The first-order valence-electron chi connectivity index (χ1n) is 4.95. The van der Waals surface area contributed by atoms with E-state index in [1.807, 2.05) is 6.92 Å². The number of amides is 1. The first-order chi connectivity index (χ1) is 8.06. The van der Waals surface area contributed by atoms with Gasteiger partial charge in [-0.25, -0.2) is 0 Å². The van der Waals surface area contributed by atoms with E-state index in [9.17, 15) is 14.7 Å². The molecule has 2 rings (SSSR count). The molecular formula is C11H11N3O3. The van der Waals surface area contributed by atoms with Crippen LogP contribution in [0, 0.1) is 6.92 Å². The third kappa shape index (κ3) is 2.36. The van der Waals surface area contributed by atoms with Crippen LogP contribution in [0.15, 0.2) is 29.1 Å². The summed E-state index contributed by atoms with van der Waals surface area (Å²) >= 11 is 0. The maximum Gasteiger partial charge on any atom is 0.273 e. The Hall–Kier alpha value is -2.50. The van der Waals surface area contributed by atoms with Crippen molar-refractivity contribution in [3.63, 3.8) is 0 Å². The first kappa shape index (κ1) is 11.0. The smallest absolute Gasteiger partial charge is 0.273 e. The number of anilines is 1. The Morgan fingerprint density at radius 1 is 1.29 bits per heavy atom. The van der Waals surface area contributed by atoms with Crippen molar-refractivity contribution in [3.05, 3.63) is 45.9 Å². The Balaban J connectivity index is 2.21. The normalized spacial score (nSPS) is 10.2. The molecule has 4 N–H and O–H groups in total. The van der Waals surface area contributed by atoms with Crippen molar-refractivity contribution in [2.24, 2.45) is 0 Å². The van der Waals surface area contributed by atoms with E-state index in [-0.39, 0.29) is 17.0 Å². The van der Waals surface area contributed by atoms with Gasteiger partial charge in [-0.1, -0.05) is 6.07 Å². The minimum absolute atomic E-state index is 0.0174. The average molecular weight is 233 g/mol. The number of aromatic amines is 2. The molecule has 2 aromatic rings. The van der Waals surface area contributed by atoms with Gasteiger partial charge in [-0.05, 0) is 24.6 Å². The summed E-state index contributed by atoms with van der Waals surface area (Å²) in [6.07, 6.45) is 0. The third-order valence-electron chi connectivity index (χ3n) is 2.24. The molecule has 6 nitrogen and oxygen atoms in total. The number of aryl methyl sites for hydroxylation is 1. The highest BCUT2D eigenvalue weighted by atomic mass is 16.3. The predicted octanol–water partition coefficient (Wildman–Crippen LogP) is 0.969. The van der Waals surface area contributed by atoms with Gasteiger partial charge >= 0.3 is 0 Å². The van der Waals surface area contributed by atoms with Crippen LogP contribution in [0.5, 0.6) is 5.75 Å². The fraction of sp³-hybridized carbons (Fsp3) is 0.0909. The molecule has 0 spiro atoms. The van der Waals surface area contributed by atoms with Crippen molar-refractivity contribution < 1.29 is 9.90 Å². The first-order valence-corrected chi connectivity index (χ1v) is 4.95. The number of phenolic OH excluding ortho intramolecular Hbond substituents is 1. The second-order valence-corrected chi connectivity index (χ2v) is 3.65. The van der Waals surface area contributed by atoms with Gasteiger partial charge in [-0.3, -0.25) is 19.8 Å². The Kier molecular flexibility index (Phi) is 2.70. The summed E-state index contributed by atoms with van der Waals surface area (Å²) in [4.78, 5) is 22.5. The molecule has 1 aromatic carbocycles. The topological polar surface area (TPSA) is 98.0 Å². The molecule has 0 aliphatic rings. The zero-order valence-electron chi connectivity index (χ0n) is 9.07. The van der Waals surface area contributed by atoms with Crippen LogP contribution < -0.4 is 10.9 Å². The van der Waals surface area contributed by atoms with E-state index in [1.165, 1.54) is 6.07 Å². The van der Waals surface area contributed by atoms with E-state index in [0.29, 0.717) is 5.69 Å². The molecule has 0 unspecified atom stereocenters. The summed E-state index contributed by atoms with van der Waals surface area (Å²) in [5.41, 5.74) is 0.899. The second-order valence-electron chi connectivity index (χ2n) is 3.65. The van der Waals surface area contributed by atoms with Crippen molar-refractivity contribution in [2.75, 3.05) is 5.32 Å². The maximum atomic E-state index is 11.7. The summed E-state index contributed by atoms with van der Waals surface area (Å²) in [5.74, 6) is -0.515. The molecule has 1 heterocycles.